The number of urea groups is 1. The van der Waals surface area contributed by atoms with Crippen LogP contribution in [0.5, 0.6) is 0 Å². The number of amides is 3. The van der Waals surface area contributed by atoms with E-state index in [1.165, 1.54) is 11.1 Å². The summed E-state index contributed by atoms with van der Waals surface area (Å²) in [7, 11) is 0. The van der Waals surface area contributed by atoms with Crippen molar-refractivity contribution < 1.29 is 9.59 Å². The van der Waals surface area contributed by atoms with Crippen molar-refractivity contribution in [3.8, 4) is 0 Å². The summed E-state index contributed by atoms with van der Waals surface area (Å²) in [6, 6.07) is 15.1. The number of nitrogens with zero attached hydrogens (tertiary/aromatic N) is 2. The van der Waals surface area contributed by atoms with Gasteiger partial charge >= 0.3 is 6.03 Å². The molecule has 3 rings (SSSR count). The Morgan fingerprint density at radius 3 is 2.64 bits per heavy atom. The normalized spacial score (nSPS) is 13.0. The first kappa shape index (κ1) is 20.2. The van der Waals surface area contributed by atoms with E-state index in [1.54, 1.807) is 29.2 Å². The number of carbonyl (C=O) groups is 2. The summed E-state index contributed by atoms with van der Waals surface area (Å²) in [5.41, 5.74) is 3.18. The SMILES string of the molecule is CCCN(CCC(=O)N1CCc2ccccc2C1)C(=O)Nc1cccc(Cl)c1. The third kappa shape index (κ3) is 5.26. The van der Waals surface area contributed by atoms with Gasteiger partial charge in [0.25, 0.3) is 0 Å². The quantitative estimate of drug-likeness (QED) is 0.774. The smallest absolute Gasteiger partial charge is 0.321 e. The Morgan fingerprint density at radius 2 is 1.89 bits per heavy atom. The maximum absolute atomic E-state index is 12.7. The van der Waals surface area contributed by atoms with E-state index in [1.807, 2.05) is 24.0 Å². The fourth-order valence-corrected chi connectivity index (χ4v) is 3.64. The number of halogens is 1. The van der Waals surface area contributed by atoms with Gasteiger partial charge in [-0.05, 0) is 42.2 Å². The minimum atomic E-state index is -0.207. The predicted molar refractivity (Wildman–Crippen MR) is 113 cm³/mol. The average molecular weight is 400 g/mol. The maximum atomic E-state index is 12.7. The number of hydrogen-bond acceptors (Lipinski definition) is 2. The first-order valence-corrected chi connectivity index (χ1v) is 10.1. The van der Waals surface area contributed by atoms with Crippen LogP contribution in [0.2, 0.25) is 5.02 Å². The number of nitrogens with one attached hydrogen (secondary N) is 1. The Hall–Kier alpha value is -2.53. The Kier molecular flexibility index (Phi) is 6.93. The average Bonchev–Trinajstić information content (AvgIpc) is 2.70. The van der Waals surface area contributed by atoms with E-state index < -0.39 is 0 Å². The topological polar surface area (TPSA) is 52.7 Å². The zero-order chi connectivity index (χ0) is 19.9. The fourth-order valence-electron chi connectivity index (χ4n) is 3.45. The third-order valence-corrected chi connectivity index (χ3v) is 5.17. The van der Waals surface area contributed by atoms with Gasteiger partial charge in [-0.15, -0.1) is 0 Å². The van der Waals surface area contributed by atoms with Crippen LogP contribution in [0, 0.1) is 0 Å². The molecular formula is C22H26ClN3O2. The van der Waals surface area contributed by atoms with E-state index in [9.17, 15) is 9.59 Å². The van der Waals surface area contributed by atoms with Crippen molar-refractivity contribution >= 4 is 29.2 Å². The van der Waals surface area contributed by atoms with Crippen molar-refractivity contribution in [2.75, 3.05) is 25.0 Å². The number of benzene rings is 2. The van der Waals surface area contributed by atoms with Crippen LogP contribution in [0.25, 0.3) is 0 Å². The van der Waals surface area contributed by atoms with E-state index in [0.29, 0.717) is 36.8 Å². The number of anilines is 1. The van der Waals surface area contributed by atoms with Gasteiger partial charge in [0.15, 0.2) is 0 Å². The molecule has 0 unspecified atom stereocenters. The highest BCUT2D eigenvalue weighted by Gasteiger charge is 2.22. The second-order valence-corrected chi connectivity index (χ2v) is 7.45. The van der Waals surface area contributed by atoms with Gasteiger partial charge in [-0.1, -0.05) is 48.9 Å². The molecule has 0 bridgehead atoms. The van der Waals surface area contributed by atoms with Crippen molar-refractivity contribution in [3.05, 3.63) is 64.7 Å². The monoisotopic (exact) mass is 399 g/mol. The Balaban J connectivity index is 1.55. The number of rotatable bonds is 6. The lowest BCUT2D eigenvalue weighted by Gasteiger charge is -2.30. The van der Waals surface area contributed by atoms with Crippen LogP contribution in [0.4, 0.5) is 10.5 Å². The van der Waals surface area contributed by atoms with E-state index in [0.717, 1.165) is 19.4 Å². The van der Waals surface area contributed by atoms with Gasteiger partial charge in [0.2, 0.25) is 5.91 Å². The van der Waals surface area contributed by atoms with Crippen LogP contribution in [0.1, 0.15) is 30.9 Å². The zero-order valence-corrected chi connectivity index (χ0v) is 16.9. The molecule has 0 aliphatic carbocycles. The molecule has 0 fully saturated rings. The van der Waals surface area contributed by atoms with Gasteiger partial charge < -0.3 is 15.1 Å². The molecule has 0 atom stereocenters. The lowest BCUT2D eigenvalue weighted by molar-refractivity contribution is -0.132. The molecule has 1 N–H and O–H groups in total. The lowest BCUT2D eigenvalue weighted by Crippen LogP contribution is -2.41. The maximum Gasteiger partial charge on any atom is 0.321 e. The molecule has 2 aromatic carbocycles. The summed E-state index contributed by atoms with van der Waals surface area (Å²) in [4.78, 5) is 28.9. The molecule has 28 heavy (non-hydrogen) atoms. The molecule has 1 aliphatic rings. The van der Waals surface area contributed by atoms with Gasteiger partial charge in [0.05, 0.1) is 0 Å². The number of carbonyl (C=O) groups excluding carboxylic acids is 2. The molecule has 6 heteroatoms. The van der Waals surface area contributed by atoms with E-state index >= 15 is 0 Å². The van der Waals surface area contributed by atoms with Crippen LogP contribution >= 0.6 is 11.6 Å². The van der Waals surface area contributed by atoms with E-state index in [-0.39, 0.29) is 11.9 Å². The van der Waals surface area contributed by atoms with Crippen molar-refractivity contribution in [1.29, 1.82) is 0 Å². The van der Waals surface area contributed by atoms with Crippen LogP contribution in [-0.2, 0) is 17.8 Å². The molecule has 0 radical (unpaired) electrons. The second kappa shape index (κ2) is 9.60. The van der Waals surface area contributed by atoms with Crippen LogP contribution in [-0.4, -0.2) is 41.4 Å². The minimum Gasteiger partial charge on any atom is -0.338 e. The van der Waals surface area contributed by atoms with Gasteiger partial charge in [0, 0.05) is 43.3 Å². The summed E-state index contributed by atoms with van der Waals surface area (Å²) >= 11 is 5.98. The van der Waals surface area contributed by atoms with Gasteiger partial charge in [-0.2, -0.15) is 0 Å². The van der Waals surface area contributed by atoms with Crippen LogP contribution in [0.3, 0.4) is 0 Å². The van der Waals surface area contributed by atoms with Crippen molar-refractivity contribution in [2.45, 2.75) is 32.7 Å². The van der Waals surface area contributed by atoms with Crippen LogP contribution < -0.4 is 5.32 Å². The highest BCUT2D eigenvalue weighted by molar-refractivity contribution is 6.30. The van der Waals surface area contributed by atoms with Gasteiger partial charge in [-0.3, -0.25) is 4.79 Å². The largest absolute Gasteiger partial charge is 0.338 e. The molecule has 3 amide bonds. The fraction of sp³-hybridized carbons (Fsp3) is 0.364. The summed E-state index contributed by atoms with van der Waals surface area (Å²) in [5, 5.41) is 3.43. The molecule has 1 heterocycles. The molecular weight excluding hydrogens is 374 g/mol. The standard InChI is InChI=1S/C22H26ClN3O2/c1-2-12-25(22(28)24-20-9-5-8-19(23)15-20)14-11-21(27)26-13-10-17-6-3-4-7-18(17)16-26/h3-9,15H,2,10-14,16H2,1H3,(H,24,28). The second-order valence-electron chi connectivity index (χ2n) is 7.01. The molecule has 0 saturated heterocycles. The van der Waals surface area contributed by atoms with Crippen molar-refractivity contribution in [2.24, 2.45) is 0 Å². The van der Waals surface area contributed by atoms with Crippen molar-refractivity contribution in [1.82, 2.24) is 9.80 Å². The first-order chi connectivity index (χ1) is 13.6. The zero-order valence-electron chi connectivity index (χ0n) is 16.2. The summed E-state index contributed by atoms with van der Waals surface area (Å²) in [5.74, 6) is 0.0890. The predicted octanol–water partition coefficient (Wildman–Crippen LogP) is 4.56. The Morgan fingerprint density at radius 1 is 1.11 bits per heavy atom. The van der Waals surface area contributed by atoms with Gasteiger partial charge in [-0.25, -0.2) is 4.79 Å². The molecule has 1 aliphatic heterocycles. The molecule has 0 spiro atoms. The molecule has 0 aromatic heterocycles. The Bertz CT molecular complexity index is 840. The van der Waals surface area contributed by atoms with E-state index in [2.05, 4.69) is 17.4 Å². The third-order valence-electron chi connectivity index (χ3n) is 4.94. The summed E-state index contributed by atoms with van der Waals surface area (Å²) in [6.07, 6.45) is 2.04. The number of fused-ring (bicyclic) bond motifs is 1. The minimum absolute atomic E-state index is 0.0890. The molecule has 2 aromatic rings. The van der Waals surface area contributed by atoms with Crippen LogP contribution in [0.15, 0.2) is 48.5 Å². The van der Waals surface area contributed by atoms with E-state index in [4.69, 9.17) is 11.6 Å². The highest BCUT2D eigenvalue weighted by Crippen LogP contribution is 2.19. The number of hydrogen-bond donors (Lipinski definition) is 1. The molecule has 5 nitrogen and oxygen atoms in total. The van der Waals surface area contributed by atoms with Gasteiger partial charge in [0.1, 0.15) is 0 Å². The first-order valence-electron chi connectivity index (χ1n) is 9.73. The molecule has 148 valence electrons. The highest BCUT2D eigenvalue weighted by atomic mass is 35.5. The van der Waals surface area contributed by atoms with Crippen molar-refractivity contribution in [3.63, 3.8) is 0 Å². The summed E-state index contributed by atoms with van der Waals surface area (Å²) in [6.45, 7) is 4.40. The summed E-state index contributed by atoms with van der Waals surface area (Å²) < 4.78 is 0. The Labute approximate surface area is 171 Å². The lowest BCUT2D eigenvalue weighted by atomic mass is 10.00. The molecule has 0 saturated carbocycles.